The Bertz CT molecular complexity index is 600. The molecule has 0 bridgehead atoms. The molecule has 1 aromatic heterocycles. The molecule has 19 heavy (non-hydrogen) atoms. The molecule has 7 heteroatoms. The Balaban J connectivity index is 2.03. The van der Waals surface area contributed by atoms with Gasteiger partial charge in [0.25, 0.3) is 0 Å². The molecule has 0 aromatic carbocycles. The van der Waals surface area contributed by atoms with Crippen LogP contribution in [0, 0.1) is 0 Å². The number of aromatic nitrogens is 1. The summed E-state index contributed by atoms with van der Waals surface area (Å²) in [6, 6.07) is 4.76. The van der Waals surface area contributed by atoms with Gasteiger partial charge in [0, 0.05) is 12.1 Å². The molecule has 0 aliphatic carbocycles. The van der Waals surface area contributed by atoms with Gasteiger partial charge in [-0.3, -0.25) is 0 Å². The molecule has 1 aliphatic rings. The maximum atomic E-state index is 11.5. The number of pyridine rings is 1. The average molecular weight is 284 g/mol. The van der Waals surface area contributed by atoms with E-state index < -0.39 is 21.3 Å². The minimum atomic E-state index is -2.96. The summed E-state index contributed by atoms with van der Waals surface area (Å²) in [6.07, 6.45) is 0.563. The van der Waals surface area contributed by atoms with Gasteiger partial charge in [0.2, 0.25) is 0 Å². The van der Waals surface area contributed by atoms with Crippen LogP contribution in [0.5, 0.6) is 0 Å². The van der Waals surface area contributed by atoms with Crippen LogP contribution in [0.2, 0.25) is 0 Å². The molecule has 2 heterocycles. The predicted octanol–water partition coefficient (Wildman–Crippen LogP) is 0.447. The van der Waals surface area contributed by atoms with Crippen LogP contribution in [0.4, 0.5) is 0 Å². The summed E-state index contributed by atoms with van der Waals surface area (Å²) in [7, 11) is -2.96. The lowest BCUT2D eigenvalue weighted by Gasteiger charge is -2.23. The molecule has 6 nitrogen and oxygen atoms in total. The smallest absolute Gasteiger partial charge is 0.354 e. The van der Waals surface area contributed by atoms with Crippen LogP contribution in [0.15, 0.2) is 18.2 Å². The van der Waals surface area contributed by atoms with E-state index in [1.807, 2.05) is 6.92 Å². The number of nitrogens with zero attached hydrogens (tertiary/aromatic N) is 1. The van der Waals surface area contributed by atoms with E-state index in [9.17, 15) is 13.2 Å². The van der Waals surface area contributed by atoms with E-state index in [1.54, 1.807) is 12.1 Å². The Hall–Kier alpha value is -1.47. The summed E-state index contributed by atoms with van der Waals surface area (Å²) in [5.74, 6) is -0.769. The third kappa shape index (κ3) is 3.51. The van der Waals surface area contributed by atoms with Gasteiger partial charge in [-0.2, -0.15) is 0 Å². The van der Waals surface area contributed by atoms with Crippen LogP contribution < -0.4 is 5.32 Å². The van der Waals surface area contributed by atoms with Crippen molar-refractivity contribution >= 4 is 15.8 Å². The van der Waals surface area contributed by atoms with Gasteiger partial charge in [0.1, 0.15) is 5.69 Å². The minimum absolute atomic E-state index is 0.0107. The number of sulfone groups is 1. The highest BCUT2D eigenvalue weighted by atomic mass is 32.2. The molecule has 104 valence electrons. The summed E-state index contributed by atoms with van der Waals surface area (Å²) in [4.78, 5) is 14.8. The standard InChI is InChI=1S/C12H16N2O4S/c1-12(5-6-19(17,18)8-12)13-7-9-3-2-4-10(14-9)11(15)16/h2-4,13H,5-8H2,1H3,(H,15,16). The lowest BCUT2D eigenvalue weighted by molar-refractivity contribution is 0.0690. The second-order valence-corrected chi connectivity index (χ2v) is 7.26. The molecule has 1 aliphatic heterocycles. The minimum Gasteiger partial charge on any atom is -0.477 e. The maximum absolute atomic E-state index is 11.5. The van der Waals surface area contributed by atoms with E-state index in [4.69, 9.17) is 5.11 Å². The molecule has 0 saturated carbocycles. The van der Waals surface area contributed by atoms with Crippen molar-refractivity contribution in [3.8, 4) is 0 Å². The van der Waals surface area contributed by atoms with Crippen molar-refractivity contribution in [1.29, 1.82) is 0 Å². The lowest BCUT2D eigenvalue weighted by atomic mass is 10.0. The summed E-state index contributed by atoms with van der Waals surface area (Å²) in [5, 5.41) is 12.0. The SMILES string of the molecule is CC1(NCc2cccc(C(=O)O)n2)CCS(=O)(=O)C1. The van der Waals surface area contributed by atoms with Crippen LogP contribution in [0.3, 0.4) is 0 Å². The maximum Gasteiger partial charge on any atom is 0.354 e. The number of nitrogens with one attached hydrogen (secondary N) is 1. The molecular formula is C12H16N2O4S. The van der Waals surface area contributed by atoms with Gasteiger partial charge in [-0.25, -0.2) is 18.2 Å². The fraction of sp³-hybridized carbons (Fsp3) is 0.500. The molecule has 1 aromatic rings. The Morgan fingerprint density at radius 1 is 1.53 bits per heavy atom. The zero-order valence-corrected chi connectivity index (χ0v) is 11.4. The van der Waals surface area contributed by atoms with Crippen LogP contribution in [0.1, 0.15) is 29.5 Å². The molecule has 2 N–H and O–H groups in total. The molecule has 0 radical (unpaired) electrons. The Morgan fingerprint density at radius 3 is 2.84 bits per heavy atom. The summed E-state index contributed by atoms with van der Waals surface area (Å²) >= 11 is 0. The lowest BCUT2D eigenvalue weighted by Crippen LogP contribution is -2.43. The van der Waals surface area contributed by atoms with E-state index in [0.717, 1.165) is 0 Å². The summed E-state index contributed by atoms with van der Waals surface area (Å²) < 4.78 is 22.9. The highest BCUT2D eigenvalue weighted by Crippen LogP contribution is 2.23. The number of aromatic carboxylic acids is 1. The topological polar surface area (TPSA) is 96.4 Å². The van der Waals surface area contributed by atoms with Crippen molar-refractivity contribution in [1.82, 2.24) is 10.3 Å². The van der Waals surface area contributed by atoms with Crippen LogP contribution in [0.25, 0.3) is 0 Å². The first-order valence-electron chi connectivity index (χ1n) is 5.94. The zero-order chi connectivity index (χ0) is 14.1. The first-order valence-corrected chi connectivity index (χ1v) is 7.77. The fourth-order valence-corrected chi connectivity index (χ4v) is 4.27. The quantitative estimate of drug-likeness (QED) is 0.833. The van der Waals surface area contributed by atoms with Gasteiger partial charge in [-0.05, 0) is 25.5 Å². The van der Waals surface area contributed by atoms with E-state index in [-0.39, 0.29) is 17.2 Å². The predicted molar refractivity (Wildman–Crippen MR) is 69.7 cm³/mol. The van der Waals surface area contributed by atoms with Crippen LogP contribution in [-0.4, -0.2) is 41.5 Å². The van der Waals surface area contributed by atoms with Crippen molar-refractivity contribution in [2.45, 2.75) is 25.4 Å². The third-order valence-electron chi connectivity index (χ3n) is 3.23. The van der Waals surface area contributed by atoms with Gasteiger partial charge in [0.15, 0.2) is 9.84 Å². The van der Waals surface area contributed by atoms with E-state index in [2.05, 4.69) is 10.3 Å². The Kier molecular flexibility index (Phi) is 3.60. The molecule has 1 saturated heterocycles. The van der Waals surface area contributed by atoms with Gasteiger partial charge < -0.3 is 10.4 Å². The average Bonchev–Trinajstić information content (AvgIpc) is 2.62. The number of carboxylic acids is 1. The van der Waals surface area contributed by atoms with Gasteiger partial charge in [0.05, 0.1) is 17.2 Å². The second-order valence-electron chi connectivity index (χ2n) is 5.08. The second kappa shape index (κ2) is 4.90. The van der Waals surface area contributed by atoms with Crippen molar-refractivity contribution < 1.29 is 18.3 Å². The molecule has 1 unspecified atom stereocenters. The first-order chi connectivity index (χ1) is 8.80. The Labute approximate surface area is 111 Å². The zero-order valence-electron chi connectivity index (χ0n) is 10.6. The van der Waals surface area contributed by atoms with Crippen molar-refractivity contribution in [2.24, 2.45) is 0 Å². The molecule has 0 spiro atoms. The molecular weight excluding hydrogens is 268 g/mol. The Morgan fingerprint density at radius 2 is 2.26 bits per heavy atom. The van der Waals surface area contributed by atoms with Crippen molar-refractivity contribution in [3.05, 3.63) is 29.6 Å². The van der Waals surface area contributed by atoms with E-state index >= 15 is 0 Å². The fourth-order valence-electron chi connectivity index (χ4n) is 2.15. The van der Waals surface area contributed by atoms with E-state index in [1.165, 1.54) is 6.07 Å². The number of carboxylic acid groups (broad SMARTS) is 1. The monoisotopic (exact) mass is 284 g/mol. The van der Waals surface area contributed by atoms with E-state index in [0.29, 0.717) is 18.7 Å². The highest BCUT2D eigenvalue weighted by molar-refractivity contribution is 7.91. The normalized spacial score (nSPS) is 25.3. The van der Waals surface area contributed by atoms with Gasteiger partial charge >= 0.3 is 5.97 Å². The molecule has 2 rings (SSSR count). The number of hydrogen-bond donors (Lipinski definition) is 2. The van der Waals surface area contributed by atoms with Crippen molar-refractivity contribution in [3.63, 3.8) is 0 Å². The summed E-state index contributed by atoms with van der Waals surface area (Å²) in [5.41, 5.74) is 0.119. The van der Waals surface area contributed by atoms with Crippen LogP contribution in [-0.2, 0) is 16.4 Å². The number of carbonyl (C=O) groups is 1. The molecule has 0 amide bonds. The number of rotatable bonds is 4. The van der Waals surface area contributed by atoms with Crippen molar-refractivity contribution in [2.75, 3.05) is 11.5 Å². The van der Waals surface area contributed by atoms with Crippen LogP contribution >= 0.6 is 0 Å². The molecule has 1 fully saturated rings. The van der Waals surface area contributed by atoms with Gasteiger partial charge in [-0.15, -0.1) is 0 Å². The largest absolute Gasteiger partial charge is 0.477 e. The summed E-state index contributed by atoms with van der Waals surface area (Å²) in [6.45, 7) is 2.21. The third-order valence-corrected chi connectivity index (χ3v) is 5.13. The molecule has 1 atom stereocenters. The van der Waals surface area contributed by atoms with Gasteiger partial charge in [-0.1, -0.05) is 6.07 Å². The first kappa shape index (κ1) is 14.0. The number of hydrogen-bond acceptors (Lipinski definition) is 5. The highest BCUT2D eigenvalue weighted by Gasteiger charge is 2.37.